The molecular formula is C22H29NO6S. The summed E-state index contributed by atoms with van der Waals surface area (Å²) in [5.41, 5.74) is 2.01. The lowest BCUT2D eigenvalue weighted by atomic mass is 9.94. The average Bonchev–Trinajstić information content (AvgIpc) is 2.66. The van der Waals surface area contributed by atoms with Crippen molar-refractivity contribution in [2.24, 2.45) is 0 Å². The van der Waals surface area contributed by atoms with Crippen LogP contribution in [-0.4, -0.2) is 28.5 Å². The van der Waals surface area contributed by atoms with Crippen molar-refractivity contribution in [1.82, 2.24) is 4.72 Å². The van der Waals surface area contributed by atoms with Gasteiger partial charge in [-0.1, -0.05) is 45.9 Å². The number of ether oxygens (including phenoxy) is 2. The van der Waals surface area contributed by atoms with Crippen molar-refractivity contribution >= 4 is 16.2 Å². The van der Waals surface area contributed by atoms with Gasteiger partial charge in [0.15, 0.2) is 5.75 Å². The van der Waals surface area contributed by atoms with Crippen molar-refractivity contribution in [2.45, 2.75) is 46.0 Å². The number of para-hydroxylation sites is 1. The molecule has 0 saturated heterocycles. The molecule has 0 radical (unpaired) electrons. The third-order valence-corrected chi connectivity index (χ3v) is 5.45. The third kappa shape index (κ3) is 5.89. The highest BCUT2D eigenvalue weighted by Crippen LogP contribution is 2.35. The van der Waals surface area contributed by atoms with Gasteiger partial charge in [-0.2, -0.15) is 8.42 Å². The number of carbonyl (C=O) groups excluding carboxylic acids is 1. The van der Waals surface area contributed by atoms with Crippen LogP contribution in [0.15, 0.2) is 36.4 Å². The van der Waals surface area contributed by atoms with Crippen molar-refractivity contribution < 1.29 is 26.9 Å². The average molecular weight is 436 g/mol. The monoisotopic (exact) mass is 435 g/mol. The molecule has 0 aliphatic rings. The van der Waals surface area contributed by atoms with Gasteiger partial charge in [-0.3, -0.25) is 4.79 Å². The number of nitrogens with one attached hydrogen (secondary N) is 1. The molecule has 2 rings (SSSR count). The molecule has 30 heavy (non-hydrogen) atoms. The molecule has 2 aromatic rings. The van der Waals surface area contributed by atoms with Gasteiger partial charge in [0.05, 0.1) is 20.6 Å². The number of benzene rings is 2. The van der Waals surface area contributed by atoms with Gasteiger partial charge in [0.2, 0.25) is 5.91 Å². The number of hydrogen-bond acceptors (Lipinski definition) is 6. The van der Waals surface area contributed by atoms with E-state index in [1.165, 1.54) is 14.2 Å². The minimum absolute atomic E-state index is 0.0469. The van der Waals surface area contributed by atoms with E-state index in [4.69, 9.17) is 13.7 Å². The quantitative estimate of drug-likeness (QED) is 0.642. The van der Waals surface area contributed by atoms with Crippen LogP contribution in [0.25, 0.3) is 0 Å². The zero-order valence-corrected chi connectivity index (χ0v) is 19.0. The first-order valence-electron chi connectivity index (χ1n) is 9.66. The highest BCUT2D eigenvalue weighted by atomic mass is 32.2. The summed E-state index contributed by atoms with van der Waals surface area (Å²) < 4.78 is 43.0. The highest BCUT2D eigenvalue weighted by molar-refractivity contribution is 7.85. The fourth-order valence-corrected chi connectivity index (χ4v) is 3.88. The Hall–Kier alpha value is -2.74. The molecule has 1 amide bonds. The summed E-state index contributed by atoms with van der Waals surface area (Å²) in [4.78, 5) is 12.5. The summed E-state index contributed by atoms with van der Waals surface area (Å²) in [6.45, 7) is 7.80. The molecule has 0 aliphatic carbocycles. The maximum Gasteiger partial charge on any atom is 0.409 e. The fourth-order valence-electron chi connectivity index (χ4n) is 3.08. The van der Waals surface area contributed by atoms with Crippen LogP contribution in [0.2, 0.25) is 0 Å². The van der Waals surface area contributed by atoms with Gasteiger partial charge in [-0.25, -0.2) is 4.72 Å². The van der Waals surface area contributed by atoms with Crippen LogP contribution in [-0.2, 0) is 21.5 Å². The van der Waals surface area contributed by atoms with E-state index in [1.54, 1.807) is 18.2 Å². The van der Waals surface area contributed by atoms with Gasteiger partial charge in [0, 0.05) is 5.56 Å². The number of methoxy groups -OCH3 is 2. The van der Waals surface area contributed by atoms with Gasteiger partial charge in [0.1, 0.15) is 11.5 Å². The topological polar surface area (TPSA) is 90.9 Å². The molecule has 0 heterocycles. The molecule has 164 valence electrons. The predicted molar refractivity (Wildman–Crippen MR) is 116 cm³/mol. The van der Waals surface area contributed by atoms with Gasteiger partial charge in [0.25, 0.3) is 0 Å². The fraction of sp³-hybridized carbons (Fsp3) is 0.409. The molecule has 1 N–H and O–H groups in total. The molecule has 0 atom stereocenters. The second-order valence-electron chi connectivity index (χ2n) is 7.49. The van der Waals surface area contributed by atoms with E-state index >= 15 is 0 Å². The summed E-state index contributed by atoms with van der Waals surface area (Å²) in [5, 5.41) is 0. The van der Waals surface area contributed by atoms with Crippen LogP contribution < -0.4 is 18.4 Å². The Balaban J connectivity index is 2.25. The maximum atomic E-state index is 12.6. The SMILES string of the molecule is COc1ccc(OC)c(CC(=O)NS(=O)(=O)Oc2c(C(C)C)cccc2C(C)C)c1. The summed E-state index contributed by atoms with van der Waals surface area (Å²) in [6.07, 6.45) is -0.216. The molecule has 7 nitrogen and oxygen atoms in total. The van der Waals surface area contributed by atoms with Gasteiger partial charge < -0.3 is 13.7 Å². The van der Waals surface area contributed by atoms with Gasteiger partial charge in [-0.05, 0) is 41.2 Å². The highest BCUT2D eigenvalue weighted by Gasteiger charge is 2.24. The maximum absolute atomic E-state index is 12.6. The standard InChI is InChI=1S/C22H29NO6S/c1-14(2)18-8-7-9-19(15(3)4)22(18)29-30(25,26)23-21(24)13-16-12-17(27-5)10-11-20(16)28-6/h7-12,14-15H,13H2,1-6H3,(H,23,24). The Kier molecular flexibility index (Phi) is 7.72. The Morgan fingerprint density at radius 3 is 2.07 bits per heavy atom. The van der Waals surface area contributed by atoms with Crippen LogP contribution in [0.5, 0.6) is 17.2 Å². The zero-order valence-electron chi connectivity index (χ0n) is 18.2. The molecule has 0 aliphatic heterocycles. The minimum atomic E-state index is -4.37. The van der Waals surface area contributed by atoms with E-state index in [0.717, 1.165) is 11.1 Å². The molecule has 0 spiro atoms. The molecular weight excluding hydrogens is 406 g/mol. The van der Waals surface area contributed by atoms with Crippen LogP contribution in [0.3, 0.4) is 0 Å². The van der Waals surface area contributed by atoms with Crippen molar-refractivity contribution in [3.05, 3.63) is 53.1 Å². The summed E-state index contributed by atoms with van der Waals surface area (Å²) >= 11 is 0. The molecule has 0 unspecified atom stereocenters. The summed E-state index contributed by atoms with van der Waals surface area (Å²) in [7, 11) is -1.40. The summed E-state index contributed by atoms with van der Waals surface area (Å²) in [5.74, 6) is 0.606. The smallest absolute Gasteiger partial charge is 0.409 e. The van der Waals surface area contributed by atoms with Crippen molar-refractivity contribution in [3.63, 3.8) is 0 Å². The van der Waals surface area contributed by atoms with Gasteiger partial charge >= 0.3 is 10.3 Å². The molecule has 0 fully saturated rings. The summed E-state index contributed by atoms with van der Waals surface area (Å²) in [6, 6.07) is 10.5. The Morgan fingerprint density at radius 1 is 0.967 bits per heavy atom. The first-order chi connectivity index (χ1) is 14.1. The predicted octanol–water partition coefficient (Wildman–Crippen LogP) is 3.93. The van der Waals surface area contributed by atoms with Crippen LogP contribution in [0.1, 0.15) is 56.2 Å². The Morgan fingerprint density at radius 2 is 1.57 bits per heavy atom. The van der Waals surface area contributed by atoms with Crippen LogP contribution in [0.4, 0.5) is 0 Å². The number of rotatable bonds is 9. The third-order valence-electron chi connectivity index (χ3n) is 4.59. The second-order valence-corrected chi connectivity index (χ2v) is 8.77. The van der Waals surface area contributed by atoms with Crippen molar-refractivity contribution in [3.8, 4) is 17.2 Å². The van der Waals surface area contributed by atoms with E-state index in [9.17, 15) is 13.2 Å². The van der Waals surface area contributed by atoms with E-state index in [0.29, 0.717) is 17.1 Å². The molecule has 0 bridgehead atoms. The molecule has 0 saturated carbocycles. The largest absolute Gasteiger partial charge is 0.497 e. The molecule has 8 heteroatoms. The van der Waals surface area contributed by atoms with Crippen molar-refractivity contribution in [2.75, 3.05) is 14.2 Å². The first-order valence-corrected chi connectivity index (χ1v) is 11.1. The van der Waals surface area contributed by atoms with Crippen molar-refractivity contribution in [1.29, 1.82) is 0 Å². The lowest BCUT2D eigenvalue weighted by molar-refractivity contribution is -0.118. The lowest BCUT2D eigenvalue weighted by Gasteiger charge is -2.19. The normalized spacial score (nSPS) is 11.5. The van der Waals surface area contributed by atoms with E-state index in [2.05, 4.69) is 0 Å². The molecule has 2 aromatic carbocycles. The Labute approximate surface area is 178 Å². The van der Waals surface area contributed by atoms with E-state index in [-0.39, 0.29) is 24.0 Å². The number of amides is 1. The Bertz CT molecular complexity index is 972. The van der Waals surface area contributed by atoms with Crippen LogP contribution in [0, 0.1) is 0 Å². The number of hydrogen-bond donors (Lipinski definition) is 1. The number of carbonyl (C=O) groups is 1. The van der Waals surface area contributed by atoms with Gasteiger partial charge in [-0.15, -0.1) is 0 Å². The van der Waals surface area contributed by atoms with Crippen LogP contribution >= 0.6 is 0 Å². The zero-order chi connectivity index (χ0) is 22.5. The van der Waals surface area contributed by atoms with E-state index in [1.807, 2.05) is 50.6 Å². The van der Waals surface area contributed by atoms with E-state index < -0.39 is 16.2 Å². The first kappa shape index (κ1) is 23.5. The minimum Gasteiger partial charge on any atom is -0.497 e. The molecule has 0 aromatic heterocycles. The second kappa shape index (κ2) is 9.84. The lowest BCUT2D eigenvalue weighted by Crippen LogP contribution is -2.35.